The molecule has 5 heteroatoms. The van der Waals surface area contributed by atoms with Crippen LogP contribution in [0.15, 0.2) is 20.5 Å². The van der Waals surface area contributed by atoms with E-state index in [4.69, 9.17) is 14.9 Å². The van der Waals surface area contributed by atoms with Gasteiger partial charge in [0.05, 0.1) is 4.47 Å². The summed E-state index contributed by atoms with van der Waals surface area (Å²) in [7, 11) is 0. The standard InChI is InChI=1S/C13H12BrN3O/c14-12-7-11(6-10(8-15)9-16)18-13(12)17-4-2-1-3-5-17/h6-7H,1-5H2. The van der Waals surface area contributed by atoms with E-state index in [2.05, 4.69) is 20.8 Å². The second-order valence-corrected chi connectivity index (χ2v) is 4.99. The van der Waals surface area contributed by atoms with E-state index in [0.717, 1.165) is 23.4 Å². The molecular weight excluding hydrogens is 294 g/mol. The highest BCUT2D eigenvalue weighted by Gasteiger charge is 2.18. The Hall–Kier alpha value is -1.72. The number of furan rings is 1. The molecule has 2 rings (SSSR count). The molecule has 1 aliphatic rings. The number of hydrogen-bond acceptors (Lipinski definition) is 4. The first kappa shape index (κ1) is 12.7. The topological polar surface area (TPSA) is 64.0 Å². The van der Waals surface area contributed by atoms with Gasteiger partial charge in [-0.1, -0.05) is 0 Å². The lowest BCUT2D eigenvalue weighted by molar-refractivity contribution is 0.494. The Morgan fingerprint density at radius 2 is 1.94 bits per heavy atom. The van der Waals surface area contributed by atoms with Crippen LogP contribution in [0.5, 0.6) is 0 Å². The molecule has 2 heterocycles. The Morgan fingerprint density at radius 1 is 1.28 bits per heavy atom. The number of piperidine rings is 1. The van der Waals surface area contributed by atoms with Crippen molar-refractivity contribution in [2.24, 2.45) is 0 Å². The number of hydrogen-bond donors (Lipinski definition) is 0. The summed E-state index contributed by atoms with van der Waals surface area (Å²) in [6, 6.07) is 5.43. The summed E-state index contributed by atoms with van der Waals surface area (Å²) in [5, 5.41) is 17.4. The molecule has 1 saturated heterocycles. The molecule has 0 amide bonds. The van der Waals surface area contributed by atoms with Gasteiger partial charge in [-0.2, -0.15) is 10.5 Å². The van der Waals surface area contributed by atoms with E-state index in [0.29, 0.717) is 5.76 Å². The van der Waals surface area contributed by atoms with Gasteiger partial charge in [0, 0.05) is 25.2 Å². The van der Waals surface area contributed by atoms with Gasteiger partial charge in [0.1, 0.15) is 23.5 Å². The van der Waals surface area contributed by atoms with Gasteiger partial charge in [-0.15, -0.1) is 0 Å². The highest BCUT2D eigenvalue weighted by Crippen LogP contribution is 2.32. The predicted octanol–water partition coefficient (Wildman–Crippen LogP) is 3.46. The molecule has 92 valence electrons. The first-order valence-corrected chi connectivity index (χ1v) is 6.60. The molecule has 4 nitrogen and oxygen atoms in total. The van der Waals surface area contributed by atoms with Gasteiger partial charge in [-0.05, 0) is 35.2 Å². The van der Waals surface area contributed by atoms with Gasteiger partial charge in [-0.3, -0.25) is 0 Å². The smallest absolute Gasteiger partial charge is 0.210 e. The third-order valence-corrected chi connectivity index (χ3v) is 3.43. The number of anilines is 1. The lowest BCUT2D eigenvalue weighted by atomic mass is 10.1. The van der Waals surface area contributed by atoms with E-state index < -0.39 is 0 Å². The number of rotatable bonds is 2. The molecule has 0 aliphatic carbocycles. The van der Waals surface area contributed by atoms with Gasteiger partial charge >= 0.3 is 0 Å². The molecule has 0 spiro atoms. The van der Waals surface area contributed by atoms with Crippen LogP contribution in [0, 0.1) is 22.7 Å². The van der Waals surface area contributed by atoms with Crippen LogP contribution in [0.4, 0.5) is 5.88 Å². The number of allylic oxidation sites excluding steroid dienone is 1. The Kier molecular flexibility index (Phi) is 4.07. The van der Waals surface area contributed by atoms with Crippen LogP contribution in [0.2, 0.25) is 0 Å². The van der Waals surface area contributed by atoms with E-state index in [9.17, 15) is 0 Å². The second kappa shape index (κ2) is 5.75. The van der Waals surface area contributed by atoms with Crippen LogP contribution in [0.3, 0.4) is 0 Å². The van der Waals surface area contributed by atoms with Crippen molar-refractivity contribution in [2.75, 3.05) is 18.0 Å². The molecule has 1 aliphatic heterocycles. The average Bonchev–Trinajstić information content (AvgIpc) is 2.78. The molecule has 18 heavy (non-hydrogen) atoms. The van der Waals surface area contributed by atoms with Gasteiger partial charge in [0.15, 0.2) is 0 Å². The van der Waals surface area contributed by atoms with Crippen LogP contribution in [-0.2, 0) is 0 Å². The van der Waals surface area contributed by atoms with Crippen LogP contribution in [0.25, 0.3) is 6.08 Å². The van der Waals surface area contributed by atoms with Crippen molar-refractivity contribution in [1.29, 1.82) is 10.5 Å². The number of nitriles is 2. The second-order valence-electron chi connectivity index (χ2n) is 4.13. The minimum Gasteiger partial charge on any atom is -0.440 e. The third-order valence-electron chi connectivity index (χ3n) is 2.86. The zero-order valence-corrected chi connectivity index (χ0v) is 11.4. The van der Waals surface area contributed by atoms with E-state index in [1.165, 1.54) is 25.3 Å². The fourth-order valence-corrected chi connectivity index (χ4v) is 2.55. The highest BCUT2D eigenvalue weighted by atomic mass is 79.9. The Bertz CT molecular complexity index is 526. The Balaban J connectivity index is 2.25. The minimum absolute atomic E-state index is 0.0430. The molecule has 1 aromatic heterocycles. The van der Waals surface area contributed by atoms with Crippen LogP contribution in [0.1, 0.15) is 25.0 Å². The quantitative estimate of drug-likeness (QED) is 0.785. The van der Waals surface area contributed by atoms with Crippen molar-refractivity contribution in [3.05, 3.63) is 21.9 Å². The van der Waals surface area contributed by atoms with Crippen molar-refractivity contribution in [2.45, 2.75) is 19.3 Å². The average molecular weight is 306 g/mol. The fraction of sp³-hybridized carbons (Fsp3) is 0.385. The van der Waals surface area contributed by atoms with Crippen molar-refractivity contribution in [3.63, 3.8) is 0 Å². The molecule has 0 unspecified atom stereocenters. The predicted molar refractivity (Wildman–Crippen MR) is 71.7 cm³/mol. The summed E-state index contributed by atoms with van der Waals surface area (Å²) >= 11 is 3.46. The van der Waals surface area contributed by atoms with Crippen molar-refractivity contribution in [1.82, 2.24) is 0 Å². The number of halogens is 1. The lowest BCUT2D eigenvalue weighted by Gasteiger charge is -2.26. The molecule has 0 saturated carbocycles. The van der Waals surface area contributed by atoms with Crippen molar-refractivity contribution < 1.29 is 4.42 Å². The van der Waals surface area contributed by atoms with Gasteiger partial charge in [0.2, 0.25) is 5.88 Å². The summed E-state index contributed by atoms with van der Waals surface area (Å²) < 4.78 is 6.56. The van der Waals surface area contributed by atoms with Crippen molar-refractivity contribution >= 4 is 27.9 Å². The highest BCUT2D eigenvalue weighted by molar-refractivity contribution is 9.10. The maximum atomic E-state index is 8.71. The number of nitrogens with zero attached hydrogens (tertiary/aromatic N) is 3. The summed E-state index contributed by atoms with van der Waals surface area (Å²) in [5.74, 6) is 1.32. The maximum absolute atomic E-state index is 8.71. The molecule has 0 radical (unpaired) electrons. The molecular formula is C13H12BrN3O. The summed E-state index contributed by atoms with van der Waals surface area (Å²) in [4.78, 5) is 2.18. The van der Waals surface area contributed by atoms with Crippen molar-refractivity contribution in [3.8, 4) is 12.1 Å². The molecule has 0 aromatic carbocycles. The SMILES string of the molecule is N#CC(C#N)=Cc1cc(Br)c(N2CCCCC2)o1. The summed E-state index contributed by atoms with van der Waals surface area (Å²) in [5.41, 5.74) is 0.0430. The van der Waals surface area contributed by atoms with Crippen LogP contribution in [-0.4, -0.2) is 13.1 Å². The zero-order chi connectivity index (χ0) is 13.0. The van der Waals surface area contributed by atoms with Gasteiger partial charge in [0.25, 0.3) is 0 Å². The van der Waals surface area contributed by atoms with Gasteiger partial charge < -0.3 is 9.32 Å². The Labute approximate surface area is 114 Å². The first-order chi connectivity index (χ1) is 8.74. The maximum Gasteiger partial charge on any atom is 0.210 e. The lowest BCUT2D eigenvalue weighted by Crippen LogP contribution is -2.29. The molecule has 1 fully saturated rings. The zero-order valence-electron chi connectivity index (χ0n) is 9.82. The van der Waals surface area contributed by atoms with Crippen LogP contribution >= 0.6 is 15.9 Å². The third kappa shape index (κ3) is 2.75. The Morgan fingerprint density at radius 3 is 2.56 bits per heavy atom. The van der Waals surface area contributed by atoms with E-state index in [-0.39, 0.29) is 5.57 Å². The monoisotopic (exact) mass is 305 g/mol. The van der Waals surface area contributed by atoms with E-state index in [1.807, 2.05) is 12.1 Å². The van der Waals surface area contributed by atoms with Gasteiger partial charge in [-0.25, -0.2) is 0 Å². The largest absolute Gasteiger partial charge is 0.440 e. The van der Waals surface area contributed by atoms with E-state index >= 15 is 0 Å². The van der Waals surface area contributed by atoms with Crippen LogP contribution < -0.4 is 4.90 Å². The molecule has 0 atom stereocenters. The molecule has 0 N–H and O–H groups in total. The summed E-state index contributed by atoms with van der Waals surface area (Å²) in [6.07, 6.45) is 5.05. The molecule has 1 aromatic rings. The minimum atomic E-state index is 0.0430. The fourth-order valence-electron chi connectivity index (χ4n) is 1.99. The normalized spacial score (nSPS) is 14.7. The molecule has 0 bridgehead atoms. The first-order valence-electron chi connectivity index (χ1n) is 5.81. The summed E-state index contributed by atoms with van der Waals surface area (Å²) in [6.45, 7) is 1.97. The van der Waals surface area contributed by atoms with E-state index in [1.54, 1.807) is 6.07 Å².